The van der Waals surface area contributed by atoms with Gasteiger partial charge >= 0.3 is 11.9 Å². The Labute approximate surface area is 234 Å². The number of fused-ring (bicyclic) bond motifs is 2. The first-order chi connectivity index (χ1) is 19.1. The molecular weight excluding hydrogens is 508 g/mol. The fraction of sp³-hybridized carbons (Fsp3) is 0.344. The summed E-state index contributed by atoms with van der Waals surface area (Å²) in [4.78, 5) is 32.9. The first kappa shape index (κ1) is 28.8. The van der Waals surface area contributed by atoms with E-state index in [0.717, 1.165) is 13.0 Å². The summed E-state index contributed by atoms with van der Waals surface area (Å²) >= 11 is 0. The Bertz CT molecular complexity index is 1540. The number of rotatable bonds is 10. The number of esters is 2. The third-order valence-corrected chi connectivity index (χ3v) is 6.92. The maximum absolute atomic E-state index is 13.9. The Balaban J connectivity index is 1.80. The van der Waals surface area contributed by atoms with Gasteiger partial charge in [0.25, 0.3) is 0 Å². The van der Waals surface area contributed by atoms with Crippen LogP contribution in [0, 0.1) is 19.8 Å². The SMILES string of the molecule is CCC(COc1ccc2nc3ccc(OC)cc3c(C(=O)Oc3c(C)cc(C(=O)OC)cc3C)c2c1)CN(C)C. The van der Waals surface area contributed by atoms with Gasteiger partial charge in [-0.1, -0.05) is 6.92 Å². The summed E-state index contributed by atoms with van der Waals surface area (Å²) in [7, 11) is 7.01. The van der Waals surface area contributed by atoms with Crippen LogP contribution in [0.4, 0.5) is 0 Å². The quantitative estimate of drug-likeness (QED) is 0.137. The number of aryl methyl sites for hydroxylation is 2. The monoisotopic (exact) mass is 544 g/mol. The summed E-state index contributed by atoms with van der Waals surface area (Å²) in [6.45, 7) is 7.20. The highest BCUT2D eigenvalue weighted by Crippen LogP contribution is 2.33. The number of carbonyl (C=O) groups excluding carboxylic acids is 2. The lowest BCUT2D eigenvalue weighted by atomic mass is 10.0. The van der Waals surface area contributed by atoms with Crippen molar-refractivity contribution >= 4 is 33.7 Å². The molecule has 0 N–H and O–H groups in total. The standard InChI is InChI=1S/C32H36N2O6/c1-8-21(17-34(4)5)18-39-24-10-12-28-26(16-24)29(25-15-23(37-6)9-11-27(25)33-28)32(36)40-30-19(2)13-22(14-20(30)3)31(35)38-7/h9-16,21H,8,17-18H2,1-7H3. The minimum absolute atomic E-state index is 0.362. The second-order valence-corrected chi connectivity index (χ2v) is 10.2. The highest BCUT2D eigenvalue weighted by atomic mass is 16.5. The van der Waals surface area contributed by atoms with Gasteiger partial charge < -0.3 is 23.8 Å². The molecule has 4 aromatic rings. The van der Waals surface area contributed by atoms with Crippen LogP contribution in [0.1, 0.15) is 45.2 Å². The number of aromatic nitrogens is 1. The second-order valence-electron chi connectivity index (χ2n) is 10.2. The number of ether oxygens (including phenoxy) is 4. The van der Waals surface area contributed by atoms with Crippen molar-refractivity contribution in [3.8, 4) is 17.2 Å². The Morgan fingerprint density at radius 3 is 2.02 bits per heavy atom. The molecule has 0 bridgehead atoms. The minimum Gasteiger partial charge on any atom is -0.497 e. The zero-order chi connectivity index (χ0) is 29.0. The van der Waals surface area contributed by atoms with E-state index in [1.165, 1.54) is 7.11 Å². The van der Waals surface area contributed by atoms with Crippen molar-refractivity contribution in [1.82, 2.24) is 9.88 Å². The van der Waals surface area contributed by atoms with E-state index >= 15 is 0 Å². The number of pyridine rings is 1. The largest absolute Gasteiger partial charge is 0.497 e. The van der Waals surface area contributed by atoms with Crippen molar-refractivity contribution < 1.29 is 28.5 Å². The van der Waals surface area contributed by atoms with Crippen molar-refractivity contribution in [1.29, 1.82) is 0 Å². The number of methoxy groups -OCH3 is 2. The van der Waals surface area contributed by atoms with Gasteiger partial charge in [-0.25, -0.2) is 14.6 Å². The van der Waals surface area contributed by atoms with E-state index in [0.29, 0.717) is 73.8 Å². The number of nitrogens with zero attached hydrogens (tertiary/aromatic N) is 2. The zero-order valence-corrected chi connectivity index (χ0v) is 24.2. The van der Waals surface area contributed by atoms with Gasteiger partial charge in [-0.3, -0.25) is 0 Å². The first-order valence-electron chi connectivity index (χ1n) is 13.3. The number of benzene rings is 3. The summed E-state index contributed by atoms with van der Waals surface area (Å²) < 4.78 is 22.5. The fourth-order valence-electron chi connectivity index (χ4n) is 4.86. The third kappa shape index (κ3) is 6.18. The van der Waals surface area contributed by atoms with Gasteiger partial charge in [0.05, 0.1) is 43.0 Å². The summed E-state index contributed by atoms with van der Waals surface area (Å²) in [6.07, 6.45) is 0.989. The van der Waals surface area contributed by atoms with Crippen LogP contribution >= 0.6 is 0 Å². The molecule has 1 heterocycles. The topological polar surface area (TPSA) is 87.2 Å². The summed E-state index contributed by atoms with van der Waals surface area (Å²) in [5.74, 6) is 1.01. The van der Waals surface area contributed by atoms with Crippen molar-refractivity contribution in [2.24, 2.45) is 5.92 Å². The number of hydrogen-bond acceptors (Lipinski definition) is 8. The van der Waals surface area contributed by atoms with Gasteiger partial charge in [0.2, 0.25) is 0 Å². The molecule has 1 atom stereocenters. The molecule has 0 spiro atoms. The van der Waals surface area contributed by atoms with Crippen molar-refractivity contribution in [2.75, 3.05) is 41.5 Å². The van der Waals surface area contributed by atoms with Gasteiger partial charge in [-0.2, -0.15) is 0 Å². The molecule has 0 saturated carbocycles. The highest BCUT2D eigenvalue weighted by Gasteiger charge is 2.22. The predicted octanol–water partition coefficient (Wildman–Crippen LogP) is 5.99. The van der Waals surface area contributed by atoms with E-state index in [-0.39, 0.29) is 0 Å². The molecule has 1 aromatic heterocycles. The van der Waals surface area contributed by atoms with E-state index in [4.69, 9.17) is 23.9 Å². The molecule has 0 amide bonds. The van der Waals surface area contributed by atoms with Crippen LogP contribution in [0.2, 0.25) is 0 Å². The lowest BCUT2D eigenvalue weighted by Gasteiger charge is -2.20. The fourth-order valence-corrected chi connectivity index (χ4v) is 4.86. The van der Waals surface area contributed by atoms with Crippen molar-refractivity contribution in [3.63, 3.8) is 0 Å². The molecule has 0 aliphatic carbocycles. The molecule has 40 heavy (non-hydrogen) atoms. The summed E-state index contributed by atoms with van der Waals surface area (Å²) in [5, 5.41) is 1.22. The van der Waals surface area contributed by atoms with Crippen molar-refractivity contribution in [3.05, 3.63) is 70.8 Å². The molecule has 0 aliphatic rings. The Kier molecular flexibility index (Phi) is 8.90. The van der Waals surface area contributed by atoms with E-state index in [2.05, 4.69) is 11.8 Å². The summed E-state index contributed by atoms with van der Waals surface area (Å²) in [6, 6.07) is 14.3. The Morgan fingerprint density at radius 2 is 1.48 bits per heavy atom. The van der Waals surface area contributed by atoms with Crippen LogP contribution in [-0.2, 0) is 4.74 Å². The third-order valence-electron chi connectivity index (χ3n) is 6.92. The van der Waals surface area contributed by atoms with Crippen LogP contribution in [-0.4, -0.2) is 63.3 Å². The minimum atomic E-state index is -0.543. The molecule has 4 rings (SSSR count). The van der Waals surface area contributed by atoms with Gasteiger partial charge in [-0.15, -0.1) is 0 Å². The lowest BCUT2D eigenvalue weighted by molar-refractivity contribution is 0.0600. The van der Waals surface area contributed by atoms with Crippen LogP contribution in [0.25, 0.3) is 21.8 Å². The smallest absolute Gasteiger partial charge is 0.344 e. The number of carbonyl (C=O) groups is 2. The predicted molar refractivity (Wildman–Crippen MR) is 156 cm³/mol. The average Bonchev–Trinajstić information content (AvgIpc) is 2.94. The first-order valence-corrected chi connectivity index (χ1v) is 13.3. The van der Waals surface area contributed by atoms with E-state index in [1.54, 1.807) is 39.2 Å². The maximum atomic E-state index is 13.9. The molecule has 0 fully saturated rings. The van der Waals surface area contributed by atoms with Crippen LogP contribution < -0.4 is 14.2 Å². The zero-order valence-electron chi connectivity index (χ0n) is 24.2. The van der Waals surface area contributed by atoms with Gasteiger partial charge in [0.1, 0.15) is 17.2 Å². The normalized spacial score (nSPS) is 12.0. The Morgan fingerprint density at radius 1 is 0.875 bits per heavy atom. The molecule has 1 unspecified atom stereocenters. The Hall–Kier alpha value is -4.17. The maximum Gasteiger partial charge on any atom is 0.344 e. The van der Waals surface area contributed by atoms with Crippen LogP contribution in [0.3, 0.4) is 0 Å². The van der Waals surface area contributed by atoms with Crippen LogP contribution in [0.15, 0.2) is 48.5 Å². The van der Waals surface area contributed by atoms with Crippen LogP contribution in [0.5, 0.6) is 17.2 Å². The molecule has 0 aliphatic heterocycles. The molecule has 210 valence electrons. The molecular formula is C32H36N2O6. The molecule has 8 nitrogen and oxygen atoms in total. The van der Waals surface area contributed by atoms with E-state index < -0.39 is 11.9 Å². The lowest BCUT2D eigenvalue weighted by Crippen LogP contribution is -2.25. The highest BCUT2D eigenvalue weighted by molar-refractivity contribution is 6.15. The molecule has 3 aromatic carbocycles. The number of hydrogen-bond donors (Lipinski definition) is 0. The van der Waals surface area contributed by atoms with Gasteiger partial charge in [-0.05, 0) is 94.0 Å². The van der Waals surface area contributed by atoms with Gasteiger partial charge in [0.15, 0.2) is 0 Å². The molecule has 0 radical (unpaired) electrons. The summed E-state index contributed by atoms with van der Waals surface area (Å²) in [5.41, 5.74) is 3.32. The van der Waals surface area contributed by atoms with E-state index in [9.17, 15) is 9.59 Å². The van der Waals surface area contributed by atoms with E-state index in [1.807, 2.05) is 44.4 Å². The van der Waals surface area contributed by atoms with Crippen molar-refractivity contribution in [2.45, 2.75) is 27.2 Å². The second kappa shape index (κ2) is 12.3. The van der Waals surface area contributed by atoms with Gasteiger partial charge in [0, 0.05) is 23.2 Å². The average molecular weight is 545 g/mol. The molecule has 0 saturated heterocycles. The molecule has 8 heteroatoms.